The largest absolute Gasteiger partial charge is 0.506 e. The summed E-state index contributed by atoms with van der Waals surface area (Å²) in [6.45, 7) is 9.57. The Hall–Kier alpha value is -4.28. The van der Waals surface area contributed by atoms with Crippen LogP contribution in [0.15, 0.2) is 28.1 Å². The number of carbonyl (C=O) groups is 2. The molecule has 3 aromatic rings. The van der Waals surface area contributed by atoms with Gasteiger partial charge in [0.2, 0.25) is 6.41 Å². The molecule has 0 radical (unpaired) electrons. The fourth-order valence-corrected chi connectivity index (χ4v) is 4.91. The monoisotopic (exact) mass is 556 g/mol. The number of pyridine rings is 2. The zero-order valence-corrected chi connectivity index (χ0v) is 23.6. The van der Waals surface area contributed by atoms with E-state index in [0.29, 0.717) is 35.5 Å². The van der Waals surface area contributed by atoms with Crippen LogP contribution in [0, 0.1) is 5.82 Å². The number of nitrogens with two attached hydrogens (primary N) is 1. The van der Waals surface area contributed by atoms with Crippen molar-refractivity contribution in [3.63, 3.8) is 0 Å². The minimum Gasteiger partial charge on any atom is -0.450 e. The maximum Gasteiger partial charge on any atom is 0.506 e. The molecule has 1 amide bonds. The SMILES string of the molecule is CC.CC(C)=NO.CCCc1cc2n(c(=O)c1COC(=O)O)Cc1c-2nc2cc(F)cc3c2c1CCC3.NC=O. The number of nitrogens with zero attached hydrogens (tertiary/aromatic N) is 3. The molecule has 1 aliphatic heterocycles. The van der Waals surface area contributed by atoms with Crippen LogP contribution in [0.5, 0.6) is 0 Å². The number of amides is 1. The maximum atomic E-state index is 14.2. The summed E-state index contributed by atoms with van der Waals surface area (Å²) < 4.78 is 20.5. The molecule has 2 aliphatic rings. The molecule has 1 aliphatic carbocycles. The molecule has 11 heteroatoms. The molecule has 1 aromatic carbocycles. The summed E-state index contributed by atoms with van der Waals surface area (Å²) in [5, 5.41) is 20.4. The zero-order chi connectivity index (χ0) is 30.0. The number of carbonyl (C=O) groups excluding carboxylic acids is 1. The number of aromatic nitrogens is 2. The number of carboxylic acid groups (broad SMARTS) is 1. The van der Waals surface area contributed by atoms with Crippen LogP contribution in [-0.4, -0.2) is 38.1 Å². The summed E-state index contributed by atoms with van der Waals surface area (Å²) in [5.74, 6) is -0.291. The van der Waals surface area contributed by atoms with Gasteiger partial charge in [0.05, 0.1) is 34.7 Å². The molecule has 0 atom stereocenters. The highest BCUT2D eigenvalue weighted by Gasteiger charge is 2.30. The second-order valence-corrected chi connectivity index (χ2v) is 9.14. The third kappa shape index (κ3) is 7.02. The molecule has 40 heavy (non-hydrogen) atoms. The van der Waals surface area contributed by atoms with E-state index < -0.39 is 6.16 Å². The molecule has 4 N–H and O–H groups in total. The fourth-order valence-electron chi connectivity index (χ4n) is 4.91. The first-order valence-corrected chi connectivity index (χ1v) is 13.2. The van der Waals surface area contributed by atoms with Crippen LogP contribution < -0.4 is 11.3 Å². The van der Waals surface area contributed by atoms with Gasteiger partial charge < -0.3 is 25.4 Å². The predicted octanol–water partition coefficient (Wildman–Crippen LogP) is 5.18. The number of oxime groups is 1. The normalized spacial score (nSPS) is 11.8. The Kier molecular flexibility index (Phi) is 11.8. The highest BCUT2D eigenvalue weighted by Crippen LogP contribution is 2.40. The first-order valence-electron chi connectivity index (χ1n) is 13.2. The first kappa shape index (κ1) is 31.9. The van der Waals surface area contributed by atoms with Gasteiger partial charge in [0, 0.05) is 17.0 Å². The highest BCUT2D eigenvalue weighted by atomic mass is 19.1. The van der Waals surface area contributed by atoms with Crippen LogP contribution in [0.2, 0.25) is 0 Å². The summed E-state index contributed by atoms with van der Waals surface area (Å²) in [7, 11) is 0. The average molecular weight is 557 g/mol. The van der Waals surface area contributed by atoms with Crippen molar-refractivity contribution in [2.45, 2.75) is 79.9 Å². The number of benzene rings is 1. The molecule has 216 valence electrons. The van der Waals surface area contributed by atoms with Crippen molar-refractivity contribution in [1.29, 1.82) is 0 Å². The third-order valence-electron chi connectivity index (χ3n) is 6.33. The van der Waals surface area contributed by atoms with Gasteiger partial charge in [-0.2, -0.15) is 0 Å². The Bertz CT molecular complexity index is 1460. The molecule has 0 unspecified atom stereocenters. The van der Waals surface area contributed by atoms with E-state index in [-0.39, 0.29) is 24.4 Å². The van der Waals surface area contributed by atoms with E-state index in [1.807, 2.05) is 26.8 Å². The summed E-state index contributed by atoms with van der Waals surface area (Å²) in [6, 6.07) is 4.98. The smallest absolute Gasteiger partial charge is 0.450 e. The van der Waals surface area contributed by atoms with E-state index in [4.69, 9.17) is 24.8 Å². The molecule has 0 saturated heterocycles. The number of aryl methyl sites for hydroxylation is 3. The van der Waals surface area contributed by atoms with E-state index in [0.717, 1.165) is 59.0 Å². The molecular formula is C29H37FN4O6. The molecule has 10 nitrogen and oxygen atoms in total. The third-order valence-corrected chi connectivity index (χ3v) is 6.33. The Labute approximate surface area is 232 Å². The molecule has 2 aromatic heterocycles. The van der Waals surface area contributed by atoms with E-state index in [2.05, 4.69) is 10.9 Å². The molecule has 0 fully saturated rings. The van der Waals surface area contributed by atoms with Crippen molar-refractivity contribution in [2.75, 3.05) is 0 Å². The second-order valence-electron chi connectivity index (χ2n) is 9.14. The van der Waals surface area contributed by atoms with Crippen LogP contribution >= 0.6 is 0 Å². The van der Waals surface area contributed by atoms with E-state index in [1.54, 1.807) is 24.5 Å². The number of primary amides is 1. The molecule has 0 saturated carbocycles. The van der Waals surface area contributed by atoms with Crippen LogP contribution in [0.3, 0.4) is 0 Å². The van der Waals surface area contributed by atoms with Crippen molar-refractivity contribution in [3.05, 3.63) is 62.2 Å². The lowest BCUT2D eigenvalue weighted by atomic mass is 9.87. The van der Waals surface area contributed by atoms with Crippen LogP contribution in [0.25, 0.3) is 22.3 Å². The molecule has 5 rings (SSSR count). The fraction of sp³-hybridized carbons (Fsp3) is 0.414. The predicted molar refractivity (Wildman–Crippen MR) is 152 cm³/mol. The van der Waals surface area contributed by atoms with E-state index >= 15 is 0 Å². The van der Waals surface area contributed by atoms with Gasteiger partial charge in [-0.15, -0.1) is 0 Å². The van der Waals surface area contributed by atoms with Crippen molar-refractivity contribution < 1.29 is 29.0 Å². The molecule has 3 heterocycles. The lowest BCUT2D eigenvalue weighted by molar-refractivity contribution is -0.106. The Morgan fingerprint density at radius 2 is 1.88 bits per heavy atom. The van der Waals surface area contributed by atoms with Gasteiger partial charge in [0.25, 0.3) is 5.56 Å². The van der Waals surface area contributed by atoms with Gasteiger partial charge in [-0.3, -0.25) is 9.59 Å². The van der Waals surface area contributed by atoms with Crippen molar-refractivity contribution >= 4 is 29.2 Å². The molecule has 0 bridgehead atoms. The Balaban J connectivity index is 0.000000491. The van der Waals surface area contributed by atoms with Crippen molar-refractivity contribution in [1.82, 2.24) is 9.55 Å². The van der Waals surface area contributed by atoms with Crippen LogP contribution in [0.1, 0.15) is 75.3 Å². The number of ether oxygens (including phenoxy) is 1. The topological polar surface area (TPSA) is 157 Å². The standard InChI is InChI=1S/C23H21FN2O4.C3H7NO.C2H6.CH3NO/c1-2-4-12-8-19-21-16(10-26(19)22(27)17(12)11-30-23(28)29)15-6-3-5-13-7-14(24)9-18(25-21)20(13)15;1-3(2)4-5;1-2;2-1-3/h7-9H,2-6,10-11H2,1H3,(H,28,29);5H,1-2H3;1-2H3;1H,(H2,2,3). The van der Waals surface area contributed by atoms with Gasteiger partial charge in [0.1, 0.15) is 12.4 Å². The number of hydrogen-bond acceptors (Lipinski definition) is 7. The molecule has 0 spiro atoms. The minimum absolute atomic E-state index is 0.242. The van der Waals surface area contributed by atoms with Crippen LogP contribution in [-0.2, 0) is 41.9 Å². The lowest BCUT2D eigenvalue weighted by Crippen LogP contribution is -2.26. The number of halogens is 1. The second kappa shape index (κ2) is 14.8. The van der Waals surface area contributed by atoms with Crippen molar-refractivity contribution in [2.24, 2.45) is 10.9 Å². The van der Waals surface area contributed by atoms with Crippen molar-refractivity contribution in [3.8, 4) is 11.4 Å². The van der Waals surface area contributed by atoms with Gasteiger partial charge >= 0.3 is 6.16 Å². The van der Waals surface area contributed by atoms with Gasteiger partial charge in [-0.1, -0.05) is 32.3 Å². The average Bonchev–Trinajstić information content (AvgIpc) is 3.29. The van der Waals surface area contributed by atoms with E-state index in [9.17, 15) is 14.0 Å². The Morgan fingerprint density at radius 3 is 2.45 bits per heavy atom. The van der Waals surface area contributed by atoms with Gasteiger partial charge in [-0.25, -0.2) is 14.2 Å². The van der Waals surface area contributed by atoms with Gasteiger partial charge in [-0.05, 0) is 68.4 Å². The zero-order valence-electron chi connectivity index (χ0n) is 23.6. The minimum atomic E-state index is -1.41. The summed E-state index contributed by atoms with van der Waals surface area (Å²) >= 11 is 0. The quantitative estimate of drug-likeness (QED) is 0.103. The maximum absolute atomic E-state index is 14.2. The number of hydrogen-bond donors (Lipinski definition) is 3. The summed E-state index contributed by atoms with van der Waals surface area (Å²) in [5.41, 5.74) is 11.0. The van der Waals surface area contributed by atoms with Gasteiger partial charge in [0.15, 0.2) is 0 Å². The number of rotatable bonds is 4. The summed E-state index contributed by atoms with van der Waals surface area (Å²) in [4.78, 5) is 37.5. The number of fused-ring (bicyclic) bond motifs is 4. The van der Waals surface area contributed by atoms with E-state index in [1.165, 1.54) is 6.07 Å². The summed E-state index contributed by atoms with van der Waals surface area (Å²) in [6.07, 6.45) is 2.92. The molecular weight excluding hydrogens is 519 g/mol. The lowest BCUT2D eigenvalue weighted by Gasteiger charge is -2.19. The first-order chi connectivity index (χ1) is 19.2. The highest BCUT2D eigenvalue weighted by molar-refractivity contribution is 5.91. The van der Waals surface area contributed by atoms with Crippen LogP contribution in [0.4, 0.5) is 9.18 Å². The Morgan fingerprint density at radius 1 is 1.23 bits per heavy atom.